The standard InChI is InChI=1S/C46H50ClF3N8O5/c1-44(2)42(45(3,4)43(44)63-32-11-7-29(25-51)35(47)24-32)53-39(60)28-5-8-30(9-6-28)56-17-15-27(16-18-56)26-55-19-21-57(22-20-55)31-10-12-33-34(23-31)38(46(48,49)50)54-58(41(33)62)36-13-14-37(59)52-40(36)61/h5-12,23-24,27,36,42-43H,13-22,26H2,1-4H3,(H,53,60)(H,52,59,61)/t36-,42-,43-/m0/s1. The average Bonchev–Trinajstić information content (AvgIpc) is 3.25. The molecule has 8 rings (SSSR count). The molecule has 0 spiro atoms. The number of piperazine rings is 1. The molecule has 4 aliphatic rings. The molecule has 3 amide bonds. The number of benzene rings is 3. The summed E-state index contributed by atoms with van der Waals surface area (Å²) in [4.78, 5) is 57.7. The van der Waals surface area contributed by atoms with E-state index in [1.807, 2.05) is 29.2 Å². The van der Waals surface area contributed by atoms with Crippen molar-refractivity contribution in [1.82, 2.24) is 25.3 Å². The number of ether oxygens (including phenoxy) is 1. The van der Waals surface area contributed by atoms with Crippen LogP contribution in [-0.4, -0.2) is 90.4 Å². The zero-order valence-electron chi connectivity index (χ0n) is 35.6. The topological polar surface area (TPSA) is 153 Å². The molecule has 13 nitrogen and oxygen atoms in total. The Morgan fingerprint density at radius 3 is 2.16 bits per heavy atom. The Labute approximate surface area is 368 Å². The highest BCUT2D eigenvalue weighted by Crippen LogP contribution is 2.55. The number of hydrogen-bond donors (Lipinski definition) is 2. The highest BCUT2D eigenvalue weighted by molar-refractivity contribution is 6.31. The maximum atomic E-state index is 14.4. The molecule has 0 bridgehead atoms. The number of carbonyl (C=O) groups is 3. The second kappa shape index (κ2) is 16.8. The van der Waals surface area contributed by atoms with E-state index in [1.54, 1.807) is 24.3 Å². The van der Waals surface area contributed by atoms with Crippen LogP contribution in [0, 0.1) is 28.1 Å². The summed E-state index contributed by atoms with van der Waals surface area (Å²) in [6.07, 6.45) is -3.31. The summed E-state index contributed by atoms with van der Waals surface area (Å²) in [6.45, 7) is 13.6. The van der Waals surface area contributed by atoms with E-state index in [0.29, 0.717) is 51.3 Å². The summed E-state index contributed by atoms with van der Waals surface area (Å²) in [5, 5.41) is 18.0. The molecule has 2 N–H and O–H groups in total. The number of fused-ring (bicyclic) bond motifs is 1. The number of imide groups is 1. The first-order valence-corrected chi connectivity index (χ1v) is 21.7. The number of nitrogens with zero attached hydrogens (tertiary/aromatic N) is 6. The van der Waals surface area contributed by atoms with Crippen LogP contribution in [0.1, 0.15) is 81.0 Å². The molecule has 17 heteroatoms. The highest BCUT2D eigenvalue weighted by atomic mass is 35.5. The van der Waals surface area contributed by atoms with Crippen molar-refractivity contribution in [2.45, 2.75) is 77.7 Å². The summed E-state index contributed by atoms with van der Waals surface area (Å²) < 4.78 is 50.0. The van der Waals surface area contributed by atoms with E-state index in [2.05, 4.69) is 59.3 Å². The van der Waals surface area contributed by atoms with Gasteiger partial charge in [0.2, 0.25) is 5.91 Å². The van der Waals surface area contributed by atoms with Gasteiger partial charge in [-0.25, -0.2) is 4.68 Å². The predicted molar refractivity (Wildman–Crippen MR) is 232 cm³/mol. The van der Waals surface area contributed by atoms with Gasteiger partial charge in [-0.15, -0.1) is 0 Å². The first kappa shape index (κ1) is 44.0. The Morgan fingerprint density at radius 1 is 0.889 bits per heavy atom. The Hall–Kier alpha value is -5.66. The van der Waals surface area contributed by atoms with E-state index in [0.717, 1.165) is 51.3 Å². The molecule has 3 aromatic carbocycles. The minimum absolute atomic E-state index is 0.106. The fraction of sp³-hybridized carbons (Fsp3) is 0.478. The molecule has 1 atom stereocenters. The molecule has 1 saturated carbocycles. The van der Waals surface area contributed by atoms with Gasteiger partial charge in [-0.2, -0.15) is 23.5 Å². The van der Waals surface area contributed by atoms with E-state index in [-0.39, 0.29) is 52.5 Å². The van der Waals surface area contributed by atoms with Crippen LogP contribution in [0.3, 0.4) is 0 Å². The first-order chi connectivity index (χ1) is 29.8. The number of nitrogens with one attached hydrogen (secondary N) is 2. The molecule has 4 aromatic rings. The zero-order chi connectivity index (χ0) is 45.0. The van der Waals surface area contributed by atoms with Gasteiger partial charge in [-0.05, 0) is 79.8 Å². The van der Waals surface area contributed by atoms with Crippen molar-refractivity contribution in [3.63, 3.8) is 0 Å². The van der Waals surface area contributed by atoms with Gasteiger partial charge >= 0.3 is 6.18 Å². The molecule has 3 saturated heterocycles. The molecule has 1 aliphatic carbocycles. The highest BCUT2D eigenvalue weighted by Gasteiger charge is 2.64. The fourth-order valence-electron chi connectivity index (χ4n) is 10.3. The quantitative estimate of drug-likeness (QED) is 0.177. The SMILES string of the molecule is CC1(C)[C@H](NC(=O)c2ccc(N3CCC(CN4CCN(c5ccc6c(=O)n([C@H]7CCC(=O)NC7=O)nc(C(F)(F)F)c6c5)CC4)CC3)cc2)C(C)(C)[C@H]1Oc1ccc(C#N)c(Cl)c1. The number of amides is 3. The van der Waals surface area contributed by atoms with Crippen molar-refractivity contribution in [3.8, 4) is 11.8 Å². The van der Waals surface area contributed by atoms with Gasteiger partial charge in [0.25, 0.3) is 17.4 Å². The third-order valence-electron chi connectivity index (χ3n) is 13.5. The zero-order valence-corrected chi connectivity index (χ0v) is 36.4. The van der Waals surface area contributed by atoms with Gasteiger partial charge < -0.3 is 19.9 Å². The van der Waals surface area contributed by atoms with E-state index < -0.39 is 35.3 Å². The van der Waals surface area contributed by atoms with Crippen LogP contribution in [0.5, 0.6) is 5.75 Å². The molecule has 4 heterocycles. The van der Waals surface area contributed by atoms with Crippen LogP contribution < -0.4 is 30.7 Å². The number of halogens is 4. The van der Waals surface area contributed by atoms with E-state index in [9.17, 15) is 37.6 Å². The second-order valence-corrected chi connectivity index (χ2v) is 18.8. The van der Waals surface area contributed by atoms with Crippen molar-refractivity contribution in [3.05, 3.63) is 92.9 Å². The number of nitriles is 1. The Balaban J connectivity index is 0.823. The van der Waals surface area contributed by atoms with Crippen molar-refractivity contribution in [1.29, 1.82) is 5.26 Å². The van der Waals surface area contributed by atoms with Crippen LogP contribution in [0.4, 0.5) is 24.5 Å². The van der Waals surface area contributed by atoms with Crippen LogP contribution in [0.15, 0.2) is 65.5 Å². The Bertz CT molecular complexity index is 2520. The number of alkyl halides is 3. The van der Waals surface area contributed by atoms with Gasteiger partial charge in [-0.3, -0.25) is 29.4 Å². The lowest BCUT2D eigenvalue weighted by atomic mass is 9.49. The van der Waals surface area contributed by atoms with E-state index >= 15 is 0 Å². The summed E-state index contributed by atoms with van der Waals surface area (Å²) in [5.74, 6) is -0.480. The Kier molecular flexibility index (Phi) is 11.7. The summed E-state index contributed by atoms with van der Waals surface area (Å²) >= 11 is 6.25. The molecule has 3 aliphatic heterocycles. The smallest absolute Gasteiger partial charge is 0.435 e. The lowest BCUT2D eigenvalue weighted by Crippen LogP contribution is -2.74. The van der Waals surface area contributed by atoms with Crippen LogP contribution in [0.2, 0.25) is 5.02 Å². The first-order valence-electron chi connectivity index (χ1n) is 21.3. The van der Waals surface area contributed by atoms with Gasteiger partial charge in [-0.1, -0.05) is 39.3 Å². The molecule has 1 aromatic heterocycles. The maximum Gasteiger partial charge on any atom is 0.435 e. The van der Waals surface area contributed by atoms with E-state index in [4.69, 9.17) is 16.3 Å². The fourth-order valence-corrected chi connectivity index (χ4v) is 10.6. The predicted octanol–water partition coefficient (Wildman–Crippen LogP) is 6.57. The number of carbonyl (C=O) groups excluding carboxylic acids is 3. The molecular weight excluding hydrogens is 837 g/mol. The van der Waals surface area contributed by atoms with Crippen LogP contribution >= 0.6 is 11.6 Å². The summed E-state index contributed by atoms with van der Waals surface area (Å²) in [6, 6.07) is 17.7. The van der Waals surface area contributed by atoms with Crippen LogP contribution in [0.25, 0.3) is 10.8 Å². The molecule has 0 radical (unpaired) electrons. The third kappa shape index (κ3) is 8.57. The van der Waals surface area contributed by atoms with Crippen LogP contribution in [-0.2, 0) is 15.8 Å². The van der Waals surface area contributed by atoms with Gasteiger partial charge in [0.15, 0.2) is 5.69 Å². The monoisotopic (exact) mass is 886 g/mol. The third-order valence-corrected chi connectivity index (χ3v) is 13.8. The molecule has 63 heavy (non-hydrogen) atoms. The Morgan fingerprint density at radius 2 is 1.54 bits per heavy atom. The average molecular weight is 887 g/mol. The number of hydrogen-bond acceptors (Lipinski definition) is 10. The lowest BCUT2D eigenvalue weighted by Gasteiger charge is -2.63. The molecule has 4 fully saturated rings. The number of rotatable bonds is 9. The summed E-state index contributed by atoms with van der Waals surface area (Å²) in [5.41, 5.74) is -0.241. The number of anilines is 2. The van der Waals surface area contributed by atoms with Crippen molar-refractivity contribution in [2.24, 2.45) is 16.7 Å². The van der Waals surface area contributed by atoms with Crippen molar-refractivity contribution in [2.75, 3.05) is 55.6 Å². The molecular formula is C46H50ClF3N8O5. The minimum Gasteiger partial charge on any atom is -0.489 e. The second-order valence-electron chi connectivity index (χ2n) is 18.4. The normalized spacial score (nSPS) is 22.9. The van der Waals surface area contributed by atoms with Gasteiger partial charge in [0, 0.05) is 97.5 Å². The molecule has 0 unspecified atom stereocenters. The maximum absolute atomic E-state index is 14.4. The van der Waals surface area contributed by atoms with Crippen molar-refractivity contribution < 1.29 is 32.3 Å². The largest absolute Gasteiger partial charge is 0.489 e. The van der Waals surface area contributed by atoms with Crippen molar-refractivity contribution >= 4 is 51.5 Å². The number of aromatic nitrogens is 2. The number of piperidine rings is 2. The summed E-state index contributed by atoms with van der Waals surface area (Å²) in [7, 11) is 0. The molecule has 332 valence electrons. The van der Waals surface area contributed by atoms with E-state index in [1.165, 1.54) is 12.1 Å². The van der Waals surface area contributed by atoms with Gasteiger partial charge in [0.05, 0.1) is 16.0 Å². The van der Waals surface area contributed by atoms with Gasteiger partial charge in [0.1, 0.15) is 24.0 Å². The minimum atomic E-state index is -4.89. The lowest BCUT2D eigenvalue weighted by molar-refractivity contribution is -0.164.